The van der Waals surface area contributed by atoms with Gasteiger partial charge in [0.2, 0.25) is 0 Å². The summed E-state index contributed by atoms with van der Waals surface area (Å²) in [7, 11) is -3.69. The number of hydrogen-bond acceptors (Lipinski definition) is 4. The second kappa shape index (κ2) is 5.59. The molecular formula is C11H20N2O4S2. The highest BCUT2D eigenvalue weighted by Gasteiger charge is 2.47. The number of carboxylic acids is 1. The van der Waals surface area contributed by atoms with E-state index in [4.69, 9.17) is 0 Å². The fourth-order valence-electron chi connectivity index (χ4n) is 2.69. The minimum absolute atomic E-state index is 0.0500. The number of piperidine rings is 1. The Morgan fingerprint density at radius 3 is 2.58 bits per heavy atom. The van der Waals surface area contributed by atoms with Crippen LogP contribution < -0.4 is 0 Å². The third kappa shape index (κ3) is 2.76. The smallest absolute Gasteiger partial charge is 0.322 e. The van der Waals surface area contributed by atoms with Gasteiger partial charge in [-0.25, -0.2) is 0 Å². The molecule has 0 bridgehead atoms. The van der Waals surface area contributed by atoms with Gasteiger partial charge in [0.05, 0.1) is 5.37 Å². The minimum Gasteiger partial charge on any atom is -0.480 e. The standard InChI is InChI=1S/C11H20N2O4S2/c1-8-5-3-4-6-12(8)19(16,17)13-9(2)18-7-10(13)11(14)15/h8-10H,3-7H2,1-2H3,(H,14,15). The van der Waals surface area contributed by atoms with Crippen molar-refractivity contribution in [2.75, 3.05) is 12.3 Å². The van der Waals surface area contributed by atoms with Gasteiger partial charge in [0.25, 0.3) is 10.2 Å². The molecule has 3 unspecified atom stereocenters. The van der Waals surface area contributed by atoms with Gasteiger partial charge in [-0.3, -0.25) is 4.79 Å². The van der Waals surface area contributed by atoms with Crippen LogP contribution in [0.2, 0.25) is 0 Å². The SMILES string of the molecule is CC1CCCCN1S(=O)(=O)N1C(C)SCC1C(=O)O. The Morgan fingerprint density at radius 1 is 1.32 bits per heavy atom. The Balaban J connectivity index is 2.29. The molecule has 19 heavy (non-hydrogen) atoms. The van der Waals surface area contributed by atoms with Gasteiger partial charge in [-0.15, -0.1) is 11.8 Å². The predicted octanol–water partition coefficient (Wildman–Crippen LogP) is 0.954. The molecule has 2 saturated heterocycles. The highest BCUT2D eigenvalue weighted by Crippen LogP contribution is 2.34. The van der Waals surface area contributed by atoms with Crippen molar-refractivity contribution in [1.82, 2.24) is 8.61 Å². The normalized spacial score (nSPS) is 34.5. The van der Waals surface area contributed by atoms with Crippen molar-refractivity contribution in [3.05, 3.63) is 0 Å². The summed E-state index contributed by atoms with van der Waals surface area (Å²) in [5.41, 5.74) is 0. The third-order valence-electron chi connectivity index (χ3n) is 3.75. The molecule has 2 aliphatic rings. The highest BCUT2D eigenvalue weighted by molar-refractivity contribution is 8.01. The molecule has 1 N–H and O–H groups in total. The Morgan fingerprint density at radius 2 is 2.00 bits per heavy atom. The Labute approximate surface area is 118 Å². The second-order valence-corrected chi connectivity index (χ2v) is 8.22. The number of rotatable bonds is 3. The third-order valence-corrected chi connectivity index (χ3v) is 7.34. The Hall–Kier alpha value is -0.310. The molecule has 0 aromatic carbocycles. The van der Waals surface area contributed by atoms with Gasteiger partial charge in [-0.2, -0.15) is 17.0 Å². The van der Waals surface area contributed by atoms with Gasteiger partial charge in [0, 0.05) is 18.3 Å². The van der Waals surface area contributed by atoms with Crippen molar-refractivity contribution in [1.29, 1.82) is 0 Å². The lowest BCUT2D eigenvalue weighted by atomic mass is 10.1. The lowest BCUT2D eigenvalue weighted by molar-refractivity contribution is -0.140. The van der Waals surface area contributed by atoms with Crippen molar-refractivity contribution >= 4 is 27.9 Å². The van der Waals surface area contributed by atoms with Crippen LogP contribution in [0.5, 0.6) is 0 Å². The van der Waals surface area contributed by atoms with Crippen LogP contribution in [-0.4, -0.2) is 57.9 Å². The number of aliphatic carboxylic acids is 1. The fraction of sp³-hybridized carbons (Fsp3) is 0.909. The van der Waals surface area contributed by atoms with Crippen molar-refractivity contribution in [3.63, 3.8) is 0 Å². The lowest BCUT2D eigenvalue weighted by Gasteiger charge is -2.37. The van der Waals surface area contributed by atoms with E-state index in [9.17, 15) is 18.3 Å². The Kier molecular flexibility index (Phi) is 4.44. The van der Waals surface area contributed by atoms with E-state index in [1.807, 2.05) is 6.92 Å². The summed E-state index contributed by atoms with van der Waals surface area (Å²) < 4.78 is 28.0. The van der Waals surface area contributed by atoms with Crippen LogP contribution in [0.1, 0.15) is 33.1 Å². The highest BCUT2D eigenvalue weighted by atomic mass is 32.2. The zero-order valence-corrected chi connectivity index (χ0v) is 12.8. The largest absolute Gasteiger partial charge is 0.480 e. The van der Waals surface area contributed by atoms with E-state index in [1.54, 1.807) is 6.92 Å². The van der Waals surface area contributed by atoms with Gasteiger partial charge in [-0.1, -0.05) is 6.42 Å². The first-order valence-corrected chi connectivity index (χ1v) is 8.95. The summed E-state index contributed by atoms with van der Waals surface area (Å²) in [4.78, 5) is 11.2. The van der Waals surface area contributed by atoms with Gasteiger partial charge in [0.1, 0.15) is 6.04 Å². The van der Waals surface area contributed by atoms with E-state index in [0.717, 1.165) is 19.3 Å². The average Bonchev–Trinajstić information content (AvgIpc) is 2.72. The van der Waals surface area contributed by atoms with E-state index in [1.165, 1.54) is 20.4 Å². The molecule has 0 aromatic heterocycles. The van der Waals surface area contributed by atoms with Crippen LogP contribution >= 0.6 is 11.8 Å². The zero-order chi connectivity index (χ0) is 14.2. The van der Waals surface area contributed by atoms with Crippen molar-refractivity contribution in [3.8, 4) is 0 Å². The Bertz CT molecular complexity index is 454. The maximum absolute atomic E-state index is 12.7. The van der Waals surface area contributed by atoms with E-state index in [-0.39, 0.29) is 11.4 Å². The van der Waals surface area contributed by atoms with Crippen LogP contribution in [0.3, 0.4) is 0 Å². The van der Waals surface area contributed by atoms with E-state index in [0.29, 0.717) is 12.3 Å². The first-order valence-electron chi connectivity index (χ1n) is 6.50. The molecule has 2 aliphatic heterocycles. The topological polar surface area (TPSA) is 77.9 Å². The maximum Gasteiger partial charge on any atom is 0.322 e. The fourth-order valence-corrected chi connectivity index (χ4v) is 6.38. The van der Waals surface area contributed by atoms with Gasteiger partial charge < -0.3 is 5.11 Å². The molecule has 0 aromatic rings. The van der Waals surface area contributed by atoms with Crippen LogP contribution in [0, 0.1) is 0 Å². The number of carboxylic acid groups (broad SMARTS) is 1. The molecule has 2 heterocycles. The molecule has 0 amide bonds. The number of thioether (sulfide) groups is 1. The minimum atomic E-state index is -3.69. The molecule has 0 saturated carbocycles. The van der Waals surface area contributed by atoms with E-state index < -0.39 is 22.2 Å². The average molecular weight is 308 g/mol. The van der Waals surface area contributed by atoms with E-state index in [2.05, 4.69) is 0 Å². The quantitative estimate of drug-likeness (QED) is 0.840. The monoisotopic (exact) mass is 308 g/mol. The summed E-state index contributed by atoms with van der Waals surface area (Å²) in [6, 6.07) is -0.995. The van der Waals surface area contributed by atoms with Gasteiger partial charge >= 0.3 is 5.97 Å². The molecule has 2 fully saturated rings. The molecule has 0 aliphatic carbocycles. The summed E-state index contributed by atoms with van der Waals surface area (Å²) in [5.74, 6) is -0.747. The zero-order valence-electron chi connectivity index (χ0n) is 11.2. The summed E-state index contributed by atoms with van der Waals surface area (Å²) in [6.07, 6.45) is 2.71. The maximum atomic E-state index is 12.7. The number of hydrogen-bond donors (Lipinski definition) is 1. The lowest BCUT2D eigenvalue weighted by Crippen LogP contribution is -2.54. The molecule has 6 nitrogen and oxygen atoms in total. The number of carbonyl (C=O) groups is 1. The molecule has 2 rings (SSSR count). The van der Waals surface area contributed by atoms with Gasteiger partial charge in [-0.05, 0) is 26.7 Å². The van der Waals surface area contributed by atoms with Crippen molar-refractivity contribution in [2.24, 2.45) is 0 Å². The van der Waals surface area contributed by atoms with Crippen LogP contribution in [0.15, 0.2) is 0 Å². The summed E-state index contributed by atoms with van der Waals surface area (Å²) >= 11 is 1.37. The van der Waals surface area contributed by atoms with Crippen LogP contribution in [-0.2, 0) is 15.0 Å². The molecule has 0 radical (unpaired) electrons. The second-order valence-electron chi connectivity index (χ2n) is 5.08. The van der Waals surface area contributed by atoms with Crippen LogP contribution in [0.4, 0.5) is 0 Å². The number of nitrogens with zero attached hydrogens (tertiary/aromatic N) is 2. The first kappa shape index (κ1) is 15.1. The first-order chi connectivity index (χ1) is 8.85. The van der Waals surface area contributed by atoms with Crippen molar-refractivity contribution < 1.29 is 18.3 Å². The predicted molar refractivity (Wildman–Crippen MR) is 74.1 cm³/mol. The summed E-state index contributed by atoms with van der Waals surface area (Å²) in [5, 5.41) is 8.87. The van der Waals surface area contributed by atoms with E-state index >= 15 is 0 Å². The molecule has 110 valence electrons. The van der Waals surface area contributed by atoms with Gasteiger partial charge in [0.15, 0.2) is 0 Å². The molecule has 8 heteroatoms. The molecule has 3 atom stereocenters. The molecular weight excluding hydrogens is 288 g/mol. The summed E-state index contributed by atoms with van der Waals surface area (Å²) in [6.45, 7) is 4.13. The van der Waals surface area contributed by atoms with Crippen molar-refractivity contribution in [2.45, 2.75) is 50.6 Å². The van der Waals surface area contributed by atoms with Crippen LogP contribution in [0.25, 0.3) is 0 Å². The molecule has 0 spiro atoms.